The van der Waals surface area contributed by atoms with Crippen LogP contribution in [0.1, 0.15) is 117 Å². The van der Waals surface area contributed by atoms with E-state index in [1.165, 1.54) is 56.9 Å². The van der Waals surface area contributed by atoms with Crippen molar-refractivity contribution in [1.29, 1.82) is 5.26 Å². The maximum Gasteiger partial charge on any atom is 0.342 e. The Morgan fingerprint density at radius 3 is 2.31 bits per heavy atom. The number of aryl methyl sites for hydroxylation is 1. The van der Waals surface area contributed by atoms with Crippen molar-refractivity contribution >= 4 is 11.7 Å². The number of carbonyl (C=O) groups is 1. The lowest BCUT2D eigenvalue weighted by Gasteiger charge is -2.29. The van der Waals surface area contributed by atoms with Gasteiger partial charge in [0.05, 0.1) is 23.8 Å². The molecule has 0 saturated heterocycles. The number of ether oxygens (including phenoxy) is 1. The number of nitrogens with zero attached hydrogens (tertiary/aromatic N) is 2. The van der Waals surface area contributed by atoms with Gasteiger partial charge in [-0.3, -0.25) is 0 Å². The lowest BCUT2D eigenvalue weighted by atomic mass is 9.77. The number of benzene rings is 2. The summed E-state index contributed by atoms with van der Waals surface area (Å²) in [7, 11) is 0. The first-order chi connectivity index (χ1) is 17.1. The monoisotopic (exact) mass is 470 g/mol. The third-order valence-electron chi connectivity index (χ3n) is 7.38. The van der Waals surface area contributed by atoms with Crippen LogP contribution in [0.4, 0.5) is 5.69 Å². The van der Waals surface area contributed by atoms with E-state index in [1.54, 1.807) is 6.07 Å². The summed E-state index contributed by atoms with van der Waals surface area (Å²) < 4.78 is 5.59. The summed E-state index contributed by atoms with van der Waals surface area (Å²) >= 11 is 0. The fourth-order valence-corrected chi connectivity index (χ4v) is 5.22. The first kappa shape index (κ1) is 26.5. The summed E-state index contributed by atoms with van der Waals surface area (Å²) in [6, 6.07) is 13.4. The number of hydrogen-bond acceptors (Lipinski definition) is 3. The first-order valence-electron chi connectivity index (χ1n) is 13.4. The van der Waals surface area contributed by atoms with Gasteiger partial charge in [-0.25, -0.2) is 9.64 Å². The van der Waals surface area contributed by atoms with Crippen molar-refractivity contribution in [1.82, 2.24) is 0 Å². The van der Waals surface area contributed by atoms with E-state index in [9.17, 15) is 10.1 Å². The summed E-state index contributed by atoms with van der Waals surface area (Å²) in [6.07, 6.45) is 14.3. The van der Waals surface area contributed by atoms with Gasteiger partial charge in [0.25, 0.3) is 0 Å². The van der Waals surface area contributed by atoms with Crippen LogP contribution < -0.4 is 4.74 Å². The second kappa shape index (κ2) is 13.7. The van der Waals surface area contributed by atoms with Crippen LogP contribution in [0.5, 0.6) is 5.75 Å². The van der Waals surface area contributed by atoms with Gasteiger partial charge in [-0.05, 0) is 79.7 Å². The number of hydrogen-bond donors (Lipinski definition) is 0. The Labute approximate surface area is 211 Å². The molecule has 0 radical (unpaired) electrons. The average Bonchev–Trinajstić information content (AvgIpc) is 2.89. The van der Waals surface area contributed by atoms with Gasteiger partial charge < -0.3 is 4.74 Å². The second-order valence-electron chi connectivity index (χ2n) is 9.85. The number of nitriles is 1. The van der Waals surface area contributed by atoms with Gasteiger partial charge in [0.15, 0.2) is 0 Å². The molecule has 1 fully saturated rings. The van der Waals surface area contributed by atoms with Crippen LogP contribution in [0.15, 0.2) is 36.4 Å². The van der Waals surface area contributed by atoms with Crippen LogP contribution in [-0.4, -0.2) is 5.97 Å². The molecule has 0 heterocycles. The topological polar surface area (TPSA) is 54.5 Å². The Bertz CT molecular complexity index is 1050. The maximum atomic E-state index is 12.8. The fraction of sp³-hybridized carbons (Fsp3) is 0.516. The van der Waals surface area contributed by atoms with Crippen LogP contribution in [-0.2, 0) is 6.42 Å². The van der Waals surface area contributed by atoms with Crippen LogP contribution in [0.3, 0.4) is 0 Å². The third kappa shape index (κ3) is 7.19. The molecule has 0 N–H and O–H groups in total. The fourth-order valence-electron chi connectivity index (χ4n) is 5.22. The van der Waals surface area contributed by atoms with Crippen molar-refractivity contribution in [2.75, 3.05) is 0 Å². The number of carbonyl (C=O) groups excluding carboxylic acids is 1. The number of unbranched alkanes of at least 4 members (excludes halogenated alkanes) is 4. The van der Waals surface area contributed by atoms with Gasteiger partial charge >= 0.3 is 5.97 Å². The second-order valence-corrected chi connectivity index (χ2v) is 9.85. The average molecular weight is 471 g/mol. The molecule has 0 unspecified atom stereocenters. The van der Waals surface area contributed by atoms with E-state index < -0.39 is 5.97 Å². The van der Waals surface area contributed by atoms with E-state index in [1.807, 2.05) is 30.3 Å². The van der Waals surface area contributed by atoms with Crippen LogP contribution in [0, 0.1) is 23.8 Å². The molecule has 1 aliphatic carbocycles. The summed E-state index contributed by atoms with van der Waals surface area (Å²) in [6.45, 7) is 12.0. The van der Waals surface area contributed by atoms with E-state index in [4.69, 9.17) is 11.3 Å². The molecular formula is C31H38N2O2. The van der Waals surface area contributed by atoms with Crippen LogP contribution in [0.2, 0.25) is 0 Å². The largest absolute Gasteiger partial charge is 0.435 e. The smallest absolute Gasteiger partial charge is 0.342 e. The summed E-state index contributed by atoms with van der Waals surface area (Å²) in [5.41, 5.74) is 3.04. The molecule has 0 atom stereocenters. The molecule has 2 aromatic rings. The van der Waals surface area contributed by atoms with E-state index in [0.29, 0.717) is 17.0 Å². The van der Waals surface area contributed by atoms with Gasteiger partial charge in [-0.1, -0.05) is 70.6 Å². The van der Waals surface area contributed by atoms with Crippen LogP contribution in [0.25, 0.3) is 4.85 Å². The molecular weight excluding hydrogens is 432 g/mol. The molecule has 1 aliphatic rings. The predicted octanol–water partition coefficient (Wildman–Crippen LogP) is 8.92. The highest BCUT2D eigenvalue weighted by molar-refractivity contribution is 5.92. The predicted molar refractivity (Wildman–Crippen MR) is 141 cm³/mol. The number of rotatable bonds is 11. The minimum atomic E-state index is -0.497. The van der Waals surface area contributed by atoms with E-state index in [2.05, 4.69) is 24.8 Å². The highest BCUT2D eigenvalue weighted by Gasteiger charge is 2.23. The van der Waals surface area contributed by atoms with Gasteiger partial charge in [0.2, 0.25) is 5.69 Å². The molecule has 0 amide bonds. The normalized spacial score (nSPS) is 17.4. The van der Waals surface area contributed by atoms with Crippen molar-refractivity contribution in [2.45, 2.75) is 96.8 Å². The van der Waals surface area contributed by atoms with Crippen LogP contribution >= 0.6 is 0 Å². The molecule has 1 saturated carbocycles. The SMILES string of the molecule is [C-]#[N+]c1c(OC(=O)c2ccc(C3CCC(CCCCC)CC3)cc2)ccc(CCCCC)c1C#N. The zero-order chi connectivity index (χ0) is 25.0. The van der Waals surface area contributed by atoms with E-state index in [-0.39, 0.29) is 11.4 Å². The lowest BCUT2D eigenvalue weighted by molar-refractivity contribution is 0.0736. The Hall–Kier alpha value is -3.11. The third-order valence-corrected chi connectivity index (χ3v) is 7.38. The highest BCUT2D eigenvalue weighted by atomic mass is 16.5. The van der Waals surface area contributed by atoms with Gasteiger partial charge in [-0.2, -0.15) is 5.26 Å². The molecule has 3 rings (SSSR count). The van der Waals surface area contributed by atoms with Crippen molar-refractivity contribution in [3.63, 3.8) is 0 Å². The first-order valence-corrected chi connectivity index (χ1v) is 13.4. The Morgan fingerprint density at radius 2 is 1.69 bits per heavy atom. The van der Waals surface area contributed by atoms with Crippen molar-refractivity contribution in [2.24, 2.45) is 5.92 Å². The van der Waals surface area contributed by atoms with Crippen molar-refractivity contribution < 1.29 is 9.53 Å². The molecule has 2 aromatic carbocycles. The lowest BCUT2D eigenvalue weighted by Crippen LogP contribution is -2.14. The van der Waals surface area contributed by atoms with Gasteiger partial charge in [-0.15, -0.1) is 0 Å². The van der Waals surface area contributed by atoms with Crippen molar-refractivity contribution in [3.05, 3.63) is 70.1 Å². The van der Waals surface area contributed by atoms with Gasteiger partial charge in [0, 0.05) is 0 Å². The van der Waals surface area contributed by atoms with E-state index in [0.717, 1.165) is 37.2 Å². The zero-order valence-electron chi connectivity index (χ0n) is 21.3. The van der Waals surface area contributed by atoms with Crippen molar-refractivity contribution in [3.8, 4) is 11.8 Å². The Balaban J connectivity index is 1.63. The Morgan fingerprint density at radius 1 is 1.00 bits per heavy atom. The summed E-state index contributed by atoms with van der Waals surface area (Å²) in [5.74, 6) is 1.10. The van der Waals surface area contributed by atoms with Gasteiger partial charge in [0.1, 0.15) is 5.75 Å². The standard InChI is InChI=1S/C31H38N2O2/c1-4-6-8-10-23-12-14-24(15-13-23)25-16-18-27(19-17-25)31(34)35-29-21-20-26(11-9-7-5-2)28(22-32)30(29)33-3/h16-21,23-24H,4-15H2,1-2H3. The molecule has 4 nitrogen and oxygen atoms in total. The van der Waals surface area contributed by atoms with E-state index >= 15 is 0 Å². The molecule has 0 aromatic heterocycles. The summed E-state index contributed by atoms with van der Waals surface area (Å²) in [5, 5.41) is 9.65. The Kier molecular flexibility index (Phi) is 10.4. The molecule has 35 heavy (non-hydrogen) atoms. The molecule has 0 aliphatic heterocycles. The maximum absolute atomic E-state index is 12.8. The summed E-state index contributed by atoms with van der Waals surface area (Å²) in [4.78, 5) is 16.4. The number of esters is 1. The molecule has 0 bridgehead atoms. The minimum Gasteiger partial charge on any atom is -0.435 e. The molecule has 0 spiro atoms. The molecule has 184 valence electrons. The quantitative estimate of drug-likeness (QED) is 0.143. The highest BCUT2D eigenvalue weighted by Crippen LogP contribution is 2.38. The zero-order valence-corrected chi connectivity index (χ0v) is 21.3. The molecule has 4 heteroatoms. The minimum absolute atomic E-state index is 0.127.